The van der Waals surface area contributed by atoms with Crippen LogP contribution in [0.4, 0.5) is 10.1 Å². The molecule has 0 aliphatic heterocycles. The molecule has 0 aromatic heterocycles. The van der Waals surface area contributed by atoms with Crippen molar-refractivity contribution in [2.45, 2.75) is 12.2 Å². The molecule has 8 heteroatoms. The van der Waals surface area contributed by atoms with Crippen molar-refractivity contribution in [3.05, 3.63) is 29.6 Å². The number of halogens is 1. The summed E-state index contributed by atoms with van der Waals surface area (Å²) in [7, 11) is -4.08. The second-order valence-corrected chi connectivity index (χ2v) is 5.39. The first-order chi connectivity index (χ1) is 8.29. The summed E-state index contributed by atoms with van der Waals surface area (Å²) >= 11 is 0. The number of nitrogens with zero attached hydrogens (tertiary/aromatic N) is 1. The Labute approximate surface area is 103 Å². The molecule has 1 aromatic carbocycles. The summed E-state index contributed by atoms with van der Waals surface area (Å²) < 4.78 is 38.3. The predicted octanol–water partition coefficient (Wildman–Crippen LogP) is 1.18. The van der Waals surface area contributed by atoms with E-state index in [0.29, 0.717) is 0 Å². The molecule has 6 nitrogen and oxygen atoms in total. The summed E-state index contributed by atoms with van der Waals surface area (Å²) in [5.41, 5.74) is -1.20. The van der Waals surface area contributed by atoms with Crippen LogP contribution in [0, 0.1) is 17.1 Å². The molecule has 0 saturated heterocycles. The van der Waals surface area contributed by atoms with Gasteiger partial charge in [0.15, 0.2) is 5.25 Å². The van der Waals surface area contributed by atoms with Crippen molar-refractivity contribution in [1.29, 1.82) is 5.26 Å². The third kappa shape index (κ3) is 2.75. The highest BCUT2D eigenvalue weighted by Gasteiger charge is 2.24. The molecule has 1 unspecified atom stereocenters. The lowest BCUT2D eigenvalue weighted by molar-refractivity contribution is 0.0693. The van der Waals surface area contributed by atoms with Crippen LogP contribution in [0.2, 0.25) is 0 Å². The second-order valence-electron chi connectivity index (χ2n) is 3.39. The fraction of sp³-hybridized carbons (Fsp3) is 0.200. The van der Waals surface area contributed by atoms with Gasteiger partial charge in [-0.1, -0.05) is 6.07 Å². The summed E-state index contributed by atoms with van der Waals surface area (Å²) in [6.45, 7) is 1.13. The van der Waals surface area contributed by atoms with E-state index in [4.69, 9.17) is 10.4 Å². The molecule has 0 fully saturated rings. The standard InChI is InChI=1S/C10H9FN2O4S/c1-6(5-12)18(16,17)13-8-4-2-3-7(11)9(8)10(14)15/h2-4,6,13H,1H3,(H,14,15). The molecule has 18 heavy (non-hydrogen) atoms. The van der Waals surface area contributed by atoms with Crippen molar-refractivity contribution in [3.8, 4) is 6.07 Å². The molecule has 1 rings (SSSR count). The van der Waals surface area contributed by atoms with Gasteiger partial charge in [0.05, 0.1) is 11.8 Å². The Morgan fingerprint density at radius 3 is 2.67 bits per heavy atom. The monoisotopic (exact) mass is 272 g/mol. The van der Waals surface area contributed by atoms with Crippen molar-refractivity contribution in [1.82, 2.24) is 0 Å². The van der Waals surface area contributed by atoms with E-state index in [1.54, 1.807) is 0 Å². The van der Waals surface area contributed by atoms with Crippen LogP contribution in [0.15, 0.2) is 18.2 Å². The number of nitrogens with one attached hydrogen (secondary N) is 1. The van der Waals surface area contributed by atoms with Crippen LogP contribution < -0.4 is 4.72 Å². The molecule has 96 valence electrons. The van der Waals surface area contributed by atoms with Gasteiger partial charge in [0.1, 0.15) is 11.4 Å². The van der Waals surface area contributed by atoms with E-state index in [2.05, 4.69) is 0 Å². The van der Waals surface area contributed by atoms with Gasteiger partial charge in [-0.05, 0) is 19.1 Å². The Kier molecular flexibility index (Phi) is 3.88. The number of hydrogen-bond donors (Lipinski definition) is 2. The average Bonchev–Trinajstić information content (AvgIpc) is 2.26. The molecular formula is C10H9FN2O4S. The molecular weight excluding hydrogens is 263 g/mol. The van der Waals surface area contributed by atoms with Crippen LogP contribution in [-0.2, 0) is 10.0 Å². The Morgan fingerprint density at radius 1 is 1.56 bits per heavy atom. The molecule has 0 amide bonds. The number of carbonyl (C=O) groups is 1. The Morgan fingerprint density at radius 2 is 2.17 bits per heavy atom. The molecule has 1 atom stereocenters. The third-order valence-corrected chi connectivity index (χ3v) is 3.67. The highest BCUT2D eigenvalue weighted by molar-refractivity contribution is 7.93. The SMILES string of the molecule is CC(C#N)S(=O)(=O)Nc1cccc(F)c1C(=O)O. The summed E-state index contributed by atoms with van der Waals surface area (Å²) in [5, 5.41) is 15.9. The van der Waals surface area contributed by atoms with Crippen molar-refractivity contribution < 1.29 is 22.7 Å². The first-order valence-electron chi connectivity index (χ1n) is 4.72. The average molecular weight is 272 g/mol. The molecule has 0 aliphatic carbocycles. The molecule has 0 spiro atoms. The first-order valence-corrected chi connectivity index (χ1v) is 6.27. The Balaban J connectivity index is 3.26. The fourth-order valence-electron chi connectivity index (χ4n) is 1.14. The lowest BCUT2D eigenvalue weighted by atomic mass is 10.2. The Bertz CT molecular complexity index is 621. The van der Waals surface area contributed by atoms with Gasteiger partial charge in [0.25, 0.3) is 0 Å². The van der Waals surface area contributed by atoms with Gasteiger partial charge < -0.3 is 5.11 Å². The number of nitriles is 1. The number of rotatable bonds is 4. The maximum Gasteiger partial charge on any atom is 0.340 e. The van der Waals surface area contributed by atoms with Crippen LogP contribution in [0.5, 0.6) is 0 Å². The summed E-state index contributed by atoms with van der Waals surface area (Å²) in [6.07, 6.45) is 0. The van der Waals surface area contributed by atoms with Crippen LogP contribution in [0.25, 0.3) is 0 Å². The zero-order valence-corrected chi connectivity index (χ0v) is 10.0. The summed E-state index contributed by atoms with van der Waals surface area (Å²) in [5.74, 6) is -2.66. The summed E-state index contributed by atoms with van der Waals surface area (Å²) in [6, 6.07) is 4.66. The molecule has 2 N–H and O–H groups in total. The van der Waals surface area contributed by atoms with Crippen molar-refractivity contribution in [2.75, 3.05) is 4.72 Å². The van der Waals surface area contributed by atoms with Crippen LogP contribution >= 0.6 is 0 Å². The molecule has 0 heterocycles. The summed E-state index contributed by atoms with van der Waals surface area (Å²) in [4.78, 5) is 10.8. The highest BCUT2D eigenvalue weighted by atomic mass is 32.2. The van der Waals surface area contributed by atoms with Gasteiger partial charge in [-0.3, -0.25) is 4.72 Å². The van der Waals surface area contributed by atoms with Gasteiger partial charge in [0, 0.05) is 0 Å². The number of hydrogen-bond acceptors (Lipinski definition) is 4. The minimum absolute atomic E-state index is 0.412. The number of sulfonamides is 1. The molecule has 1 aromatic rings. The van der Waals surface area contributed by atoms with E-state index >= 15 is 0 Å². The Hall–Kier alpha value is -2.14. The zero-order chi connectivity index (χ0) is 13.9. The fourth-order valence-corrected chi connectivity index (χ4v) is 1.93. The van der Waals surface area contributed by atoms with E-state index in [-0.39, 0.29) is 0 Å². The lowest BCUT2D eigenvalue weighted by Crippen LogP contribution is -2.25. The van der Waals surface area contributed by atoms with E-state index < -0.39 is 38.3 Å². The van der Waals surface area contributed by atoms with E-state index in [0.717, 1.165) is 25.1 Å². The zero-order valence-electron chi connectivity index (χ0n) is 9.21. The van der Waals surface area contributed by atoms with Gasteiger partial charge in [0.2, 0.25) is 10.0 Å². The quantitative estimate of drug-likeness (QED) is 0.855. The smallest absolute Gasteiger partial charge is 0.340 e. The van der Waals surface area contributed by atoms with Crippen molar-refractivity contribution in [3.63, 3.8) is 0 Å². The van der Waals surface area contributed by atoms with Crippen LogP contribution in [0.3, 0.4) is 0 Å². The minimum Gasteiger partial charge on any atom is -0.478 e. The molecule has 0 aliphatic rings. The minimum atomic E-state index is -4.08. The highest BCUT2D eigenvalue weighted by Crippen LogP contribution is 2.21. The van der Waals surface area contributed by atoms with Gasteiger partial charge in [-0.2, -0.15) is 5.26 Å². The predicted molar refractivity (Wildman–Crippen MR) is 61.0 cm³/mol. The number of carboxylic acid groups (broad SMARTS) is 1. The third-order valence-electron chi connectivity index (χ3n) is 2.13. The van der Waals surface area contributed by atoms with Gasteiger partial charge in [-0.15, -0.1) is 0 Å². The molecule has 0 saturated carbocycles. The number of aromatic carboxylic acids is 1. The van der Waals surface area contributed by atoms with Crippen molar-refractivity contribution >= 4 is 21.7 Å². The van der Waals surface area contributed by atoms with E-state index in [1.807, 2.05) is 4.72 Å². The molecule has 0 bridgehead atoms. The van der Waals surface area contributed by atoms with E-state index in [9.17, 15) is 17.6 Å². The largest absolute Gasteiger partial charge is 0.478 e. The molecule has 0 radical (unpaired) electrons. The number of carboxylic acids is 1. The number of benzene rings is 1. The van der Waals surface area contributed by atoms with E-state index in [1.165, 1.54) is 6.07 Å². The second kappa shape index (κ2) is 5.01. The van der Waals surface area contributed by atoms with Crippen molar-refractivity contribution in [2.24, 2.45) is 0 Å². The maximum absolute atomic E-state index is 13.3. The maximum atomic E-state index is 13.3. The first kappa shape index (κ1) is 13.9. The van der Waals surface area contributed by atoms with Crippen LogP contribution in [0.1, 0.15) is 17.3 Å². The number of anilines is 1. The lowest BCUT2D eigenvalue weighted by Gasteiger charge is -2.11. The van der Waals surface area contributed by atoms with Crippen LogP contribution in [-0.4, -0.2) is 24.7 Å². The van der Waals surface area contributed by atoms with Gasteiger partial charge >= 0.3 is 5.97 Å². The van der Waals surface area contributed by atoms with Gasteiger partial charge in [-0.25, -0.2) is 17.6 Å². The topological polar surface area (TPSA) is 107 Å². The normalized spacial score (nSPS) is 12.5.